The summed E-state index contributed by atoms with van der Waals surface area (Å²) in [5.41, 5.74) is 2.55. The molecule has 216 valence electrons. The summed E-state index contributed by atoms with van der Waals surface area (Å²) in [6.07, 6.45) is 8.56. The molecule has 2 fully saturated rings. The van der Waals surface area contributed by atoms with Crippen molar-refractivity contribution in [3.8, 4) is 0 Å². The first-order chi connectivity index (χ1) is 21.0. The lowest BCUT2D eigenvalue weighted by Gasteiger charge is -2.40. The summed E-state index contributed by atoms with van der Waals surface area (Å²) in [6.45, 7) is 0. The molecule has 4 aliphatic rings. The molecule has 8 rings (SSSR count). The van der Waals surface area contributed by atoms with Gasteiger partial charge in [-0.2, -0.15) is 0 Å². The van der Waals surface area contributed by atoms with Crippen LogP contribution in [0.25, 0.3) is 21.5 Å². The zero-order valence-electron chi connectivity index (χ0n) is 24.1. The van der Waals surface area contributed by atoms with Gasteiger partial charge >= 0.3 is 0 Å². The van der Waals surface area contributed by atoms with Gasteiger partial charge in [0.15, 0.2) is 0 Å². The fourth-order valence-electron chi connectivity index (χ4n) is 8.51. The van der Waals surface area contributed by atoms with Gasteiger partial charge in [-0.25, -0.2) is 0 Å². The molecule has 6 nitrogen and oxygen atoms in total. The van der Waals surface area contributed by atoms with Crippen LogP contribution in [0.4, 0.5) is 0 Å². The van der Waals surface area contributed by atoms with Gasteiger partial charge in [0, 0.05) is 45.1 Å². The van der Waals surface area contributed by atoms with E-state index in [-0.39, 0.29) is 35.7 Å². The van der Waals surface area contributed by atoms with Gasteiger partial charge in [-0.1, -0.05) is 48.5 Å². The standard InChI is InChI=1S/C37H34N2O4/c40-34-28-9-1-5-24-6-2-10-29(32(24)28)35(41)38(34)26-17-13-22(14-18-26)21-23-15-19-27(20-16-23)39-36(42)30-11-3-7-25-8-4-12-31(33(25)30)37(39)43/h1-12,22-23,26-27H,13-21H2. The van der Waals surface area contributed by atoms with Gasteiger partial charge in [-0.05, 0) is 105 Å². The van der Waals surface area contributed by atoms with E-state index in [1.54, 1.807) is 9.80 Å². The number of hydrogen-bond acceptors (Lipinski definition) is 4. The quantitative estimate of drug-likeness (QED) is 0.240. The van der Waals surface area contributed by atoms with Gasteiger partial charge in [0.2, 0.25) is 0 Å². The smallest absolute Gasteiger partial charge is 0.261 e. The Morgan fingerprint density at radius 2 is 0.744 bits per heavy atom. The number of amides is 4. The maximum Gasteiger partial charge on any atom is 0.261 e. The molecule has 4 aromatic carbocycles. The van der Waals surface area contributed by atoms with Crippen LogP contribution < -0.4 is 0 Å². The molecule has 2 aliphatic carbocycles. The van der Waals surface area contributed by atoms with Crippen LogP contribution in [0.15, 0.2) is 72.8 Å². The lowest BCUT2D eigenvalue weighted by molar-refractivity contribution is 0.0465. The summed E-state index contributed by atoms with van der Waals surface area (Å²) >= 11 is 0. The summed E-state index contributed by atoms with van der Waals surface area (Å²) in [4.78, 5) is 57.1. The van der Waals surface area contributed by atoms with Crippen LogP contribution in [-0.4, -0.2) is 45.5 Å². The van der Waals surface area contributed by atoms with Crippen LogP contribution in [0, 0.1) is 11.8 Å². The molecule has 0 aromatic heterocycles. The molecule has 0 unspecified atom stereocenters. The highest BCUT2D eigenvalue weighted by Gasteiger charge is 2.41. The molecule has 0 saturated heterocycles. The highest BCUT2D eigenvalue weighted by atomic mass is 16.2. The van der Waals surface area contributed by atoms with Crippen LogP contribution >= 0.6 is 0 Å². The number of nitrogens with zero attached hydrogens (tertiary/aromatic N) is 2. The van der Waals surface area contributed by atoms with E-state index in [9.17, 15) is 19.2 Å². The average molecular weight is 571 g/mol. The molecular weight excluding hydrogens is 536 g/mol. The van der Waals surface area contributed by atoms with E-state index in [4.69, 9.17) is 0 Å². The van der Waals surface area contributed by atoms with E-state index < -0.39 is 0 Å². The Labute approximate surface area is 250 Å². The van der Waals surface area contributed by atoms with Gasteiger partial charge in [0.25, 0.3) is 23.6 Å². The van der Waals surface area contributed by atoms with Crippen molar-refractivity contribution in [3.63, 3.8) is 0 Å². The minimum Gasteiger partial charge on any atom is -0.271 e. The highest BCUT2D eigenvalue weighted by molar-refractivity contribution is 6.26. The predicted octanol–water partition coefficient (Wildman–Crippen LogP) is 7.39. The minimum atomic E-state index is -0.156. The van der Waals surface area contributed by atoms with Crippen molar-refractivity contribution in [1.82, 2.24) is 9.80 Å². The summed E-state index contributed by atoms with van der Waals surface area (Å²) in [7, 11) is 0. The first kappa shape index (κ1) is 26.3. The minimum absolute atomic E-state index is 0.0564. The lowest BCUT2D eigenvalue weighted by Crippen LogP contribution is -2.49. The Balaban J connectivity index is 0.893. The van der Waals surface area contributed by atoms with Gasteiger partial charge in [-0.3, -0.25) is 29.0 Å². The van der Waals surface area contributed by atoms with Gasteiger partial charge in [0.05, 0.1) is 0 Å². The Morgan fingerprint density at radius 1 is 0.442 bits per heavy atom. The van der Waals surface area contributed by atoms with Gasteiger partial charge in [-0.15, -0.1) is 0 Å². The molecule has 0 atom stereocenters. The highest BCUT2D eigenvalue weighted by Crippen LogP contribution is 2.41. The number of carbonyl (C=O) groups excluding carboxylic acids is 4. The molecule has 43 heavy (non-hydrogen) atoms. The number of imide groups is 2. The lowest BCUT2D eigenvalue weighted by atomic mass is 9.75. The van der Waals surface area contributed by atoms with Crippen molar-refractivity contribution >= 4 is 45.2 Å². The van der Waals surface area contributed by atoms with Crippen LogP contribution in [0.2, 0.25) is 0 Å². The molecule has 2 aliphatic heterocycles. The molecule has 4 aromatic rings. The van der Waals surface area contributed by atoms with Gasteiger partial charge in [0.1, 0.15) is 0 Å². The second-order valence-electron chi connectivity index (χ2n) is 13.0. The fraction of sp³-hybridized carbons (Fsp3) is 0.351. The van der Waals surface area contributed by atoms with E-state index in [1.807, 2.05) is 72.8 Å². The van der Waals surface area contributed by atoms with Crippen LogP contribution in [-0.2, 0) is 0 Å². The van der Waals surface area contributed by atoms with Crippen molar-refractivity contribution in [1.29, 1.82) is 0 Å². The molecule has 4 amide bonds. The predicted molar refractivity (Wildman–Crippen MR) is 165 cm³/mol. The molecule has 0 spiro atoms. The first-order valence-electron chi connectivity index (χ1n) is 15.8. The zero-order valence-corrected chi connectivity index (χ0v) is 24.1. The molecule has 2 heterocycles. The van der Waals surface area contributed by atoms with Crippen LogP contribution in [0.5, 0.6) is 0 Å². The molecule has 2 saturated carbocycles. The molecular formula is C37H34N2O4. The summed E-state index contributed by atoms with van der Waals surface area (Å²) in [6, 6.07) is 22.7. The summed E-state index contributed by atoms with van der Waals surface area (Å²) < 4.78 is 0. The van der Waals surface area contributed by atoms with Gasteiger partial charge < -0.3 is 0 Å². The Morgan fingerprint density at radius 3 is 1.05 bits per heavy atom. The van der Waals surface area contributed by atoms with E-state index in [0.29, 0.717) is 34.1 Å². The molecule has 6 heteroatoms. The molecule has 0 bridgehead atoms. The number of carbonyl (C=O) groups is 4. The Hall–Kier alpha value is -4.32. The van der Waals surface area contributed by atoms with Crippen molar-refractivity contribution in [2.45, 2.75) is 69.9 Å². The maximum absolute atomic E-state index is 13.5. The van der Waals surface area contributed by atoms with Crippen molar-refractivity contribution in [2.24, 2.45) is 11.8 Å². The first-order valence-corrected chi connectivity index (χ1v) is 15.8. The Kier molecular flexibility index (Phi) is 6.21. The third-order valence-electron chi connectivity index (χ3n) is 10.6. The van der Waals surface area contributed by atoms with Crippen molar-refractivity contribution < 1.29 is 19.2 Å². The summed E-state index contributed by atoms with van der Waals surface area (Å²) in [5, 5.41) is 3.45. The number of benzene rings is 4. The monoisotopic (exact) mass is 570 g/mol. The van der Waals surface area contributed by atoms with Crippen LogP contribution in [0.3, 0.4) is 0 Å². The average Bonchev–Trinajstić information content (AvgIpc) is 3.04. The van der Waals surface area contributed by atoms with E-state index in [0.717, 1.165) is 79.3 Å². The van der Waals surface area contributed by atoms with Crippen LogP contribution in [0.1, 0.15) is 99.2 Å². The Bertz CT molecular complexity index is 1590. The van der Waals surface area contributed by atoms with Crippen molar-refractivity contribution in [3.05, 3.63) is 95.1 Å². The SMILES string of the molecule is O=C1c2cccc3cccc(c23)C(=O)N1C1CCC(CC2CCC(N3C(=O)c4cccc5cccc(c45)C3=O)CC2)CC1. The van der Waals surface area contributed by atoms with Crippen molar-refractivity contribution in [2.75, 3.05) is 0 Å². The number of hydrogen-bond donors (Lipinski definition) is 0. The second-order valence-corrected chi connectivity index (χ2v) is 13.0. The largest absolute Gasteiger partial charge is 0.271 e. The maximum atomic E-state index is 13.5. The molecule has 0 N–H and O–H groups in total. The van der Waals surface area contributed by atoms with E-state index in [2.05, 4.69) is 0 Å². The third kappa shape index (κ3) is 4.14. The zero-order chi connectivity index (χ0) is 29.2. The second kappa shape index (κ2) is 10.1. The third-order valence-corrected chi connectivity index (χ3v) is 10.6. The fourth-order valence-corrected chi connectivity index (χ4v) is 8.51. The van der Waals surface area contributed by atoms with E-state index in [1.165, 1.54) is 0 Å². The topological polar surface area (TPSA) is 74.8 Å². The molecule has 0 radical (unpaired) electrons. The number of rotatable bonds is 4. The normalized spacial score (nSPS) is 25.6. The summed E-state index contributed by atoms with van der Waals surface area (Å²) in [5.74, 6) is 0.527. The van der Waals surface area contributed by atoms with E-state index >= 15 is 0 Å².